The molecule has 1 atom stereocenters. The van der Waals surface area contributed by atoms with Crippen molar-refractivity contribution in [3.05, 3.63) is 51.9 Å². The second kappa shape index (κ2) is 5.90. The monoisotopic (exact) mass is 385 g/mol. The second-order valence-electron chi connectivity index (χ2n) is 5.79. The van der Waals surface area contributed by atoms with Gasteiger partial charge in [-0.25, -0.2) is 9.97 Å². The van der Waals surface area contributed by atoms with E-state index in [1.807, 2.05) is 6.07 Å². The van der Waals surface area contributed by atoms with E-state index in [2.05, 4.69) is 48.3 Å². The smallest absolute Gasteiger partial charge is 0.222 e. The first-order chi connectivity index (χ1) is 11.7. The van der Waals surface area contributed by atoms with Crippen LogP contribution in [0.1, 0.15) is 22.9 Å². The van der Waals surface area contributed by atoms with Crippen LogP contribution in [0.15, 0.2) is 35.1 Å². The molecular formula is C17H16BrN5O. The summed E-state index contributed by atoms with van der Waals surface area (Å²) in [4.78, 5) is 25.5. The fourth-order valence-corrected chi connectivity index (χ4v) is 3.72. The van der Waals surface area contributed by atoms with Crippen molar-refractivity contribution in [2.75, 3.05) is 18.9 Å². The van der Waals surface area contributed by atoms with Gasteiger partial charge >= 0.3 is 0 Å². The minimum atomic E-state index is -0.191. The largest absolute Gasteiger partial charge is 0.357 e. The Morgan fingerprint density at radius 1 is 1.38 bits per heavy atom. The molecule has 1 unspecified atom stereocenters. The number of nitrogens with one attached hydrogen (secondary N) is 2. The Morgan fingerprint density at radius 2 is 2.17 bits per heavy atom. The van der Waals surface area contributed by atoms with E-state index in [0.29, 0.717) is 12.5 Å². The number of rotatable bonds is 3. The zero-order valence-corrected chi connectivity index (χ0v) is 14.7. The number of halogens is 1. The van der Waals surface area contributed by atoms with Gasteiger partial charge in [0.25, 0.3) is 0 Å². The van der Waals surface area contributed by atoms with Crippen LogP contribution in [0.5, 0.6) is 0 Å². The van der Waals surface area contributed by atoms with Crippen molar-refractivity contribution >= 4 is 39.2 Å². The maximum absolute atomic E-state index is 11.6. The Kier molecular flexibility index (Phi) is 3.72. The highest BCUT2D eigenvalue weighted by Gasteiger charge is 2.31. The minimum Gasteiger partial charge on any atom is -0.357 e. The number of benzene rings is 1. The van der Waals surface area contributed by atoms with E-state index < -0.39 is 0 Å². The van der Waals surface area contributed by atoms with Gasteiger partial charge in [0.2, 0.25) is 12.4 Å². The molecule has 0 radical (unpaired) electrons. The van der Waals surface area contributed by atoms with Crippen LogP contribution in [0.3, 0.4) is 0 Å². The highest BCUT2D eigenvalue weighted by atomic mass is 79.9. The van der Waals surface area contributed by atoms with E-state index >= 15 is 0 Å². The fourth-order valence-electron chi connectivity index (χ4n) is 3.36. The number of nitrogens with zero attached hydrogens (tertiary/aromatic N) is 3. The average Bonchev–Trinajstić information content (AvgIpc) is 2.98. The standard InChI is InChI=1S/C17H16BrN5O/c1-19-17-20-7-10(8-21-17)16-15-12(4-5-23(16)9-24)13-6-11(18)2-3-14(13)22-15/h2-3,6-9,16,22H,4-5H2,1H3,(H,19,20,21). The van der Waals surface area contributed by atoms with E-state index in [1.54, 1.807) is 24.3 Å². The summed E-state index contributed by atoms with van der Waals surface area (Å²) in [6.45, 7) is 0.675. The first kappa shape index (κ1) is 15.1. The van der Waals surface area contributed by atoms with Crippen molar-refractivity contribution in [1.82, 2.24) is 19.9 Å². The highest BCUT2D eigenvalue weighted by Crippen LogP contribution is 2.38. The lowest BCUT2D eigenvalue weighted by Gasteiger charge is -2.32. The number of amides is 1. The van der Waals surface area contributed by atoms with Gasteiger partial charge in [0, 0.05) is 52.6 Å². The number of hydrogen-bond acceptors (Lipinski definition) is 4. The lowest BCUT2D eigenvalue weighted by Crippen LogP contribution is -2.35. The van der Waals surface area contributed by atoms with E-state index in [9.17, 15) is 4.79 Å². The van der Waals surface area contributed by atoms with Gasteiger partial charge in [-0.1, -0.05) is 15.9 Å². The molecular weight excluding hydrogens is 370 g/mol. The summed E-state index contributed by atoms with van der Waals surface area (Å²) < 4.78 is 1.05. The van der Waals surface area contributed by atoms with E-state index in [0.717, 1.165) is 34.1 Å². The number of hydrogen-bond donors (Lipinski definition) is 2. The molecule has 1 amide bonds. The van der Waals surface area contributed by atoms with Crippen molar-refractivity contribution < 1.29 is 4.79 Å². The number of aromatic nitrogens is 3. The molecule has 6 nitrogen and oxygen atoms in total. The van der Waals surface area contributed by atoms with Gasteiger partial charge in [-0.2, -0.15) is 0 Å². The maximum atomic E-state index is 11.6. The van der Waals surface area contributed by atoms with Crippen LogP contribution in [0.4, 0.5) is 5.95 Å². The third kappa shape index (κ3) is 2.36. The highest BCUT2D eigenvalue weighted by molar-refractivity contribution is 9.10. The van der Waals surface area contributed by atoms with Crippen LogP contribution in [-0.4, -0.2) is 39.9 Å². The molecule has 24 heavy (non-hydrogen) atoms. The predicted molar refractivity (Wildman–Crippen MR) is 95.9 cm³/mol. The molecule has 4 rings (SSSR count). The van der Waals surface area contributed by atoms with Gasteiger partial charge in [0.05, 0.1) is 0 Å². The van der Waals surface area contributed by atoms with Crippen LogP contribution in [0.2, 0.25) is 0 Å². The van der Waals surface area contributed by atoms with Crippen molar-refractivity contribution in [2.24, 2.45) is 0 Å². The Labute approximate surface area is 147 Å². The van der Waals surface area contributed by atoms with Crippen molar-refractivity contribution in [3.63, 3.8) is 0 Å². The van der Waals surface area contributed by atoms with Crippen molar-refractivity contribution in [3.8, 4) is 0 Å². The summed E-state index contributed by atoms with van der Waals surface area (Å²) >= 11 is 3.54. The quantitative estimate of drug-likeness (QED) is 0.679. The molecule has 1 aliphatic heterocycles. The van der Waals surface area contributed by atoms with Crippen LogP contribution >= 0.6 is 15.9 Å². The molecule has 0 fully saturated rings. The summed E-state index contributed by atoms with van der Waals surface area (Å²) in [6.07, 6.45) is 5.28. The van der Waals surface area contributed by atoms with E-state index in [-0.39, 0.29) is 6.04 Å². The van der Waals surface area contributed by atoms with Gasteiger partial charge < -0.3 is 15.2 Å². The molecule has 7 heteroatoms. The number of carbonyl (C=O) groups is 1. The second-order valence-corrected chi connectivity index (χ2v) is 6.71. The molecule has 3 aromatic rings. The Hall–Kier alpha value is -2.41. The molecule has 0 saturated carbocycles. The zero-order chi connectivity index (χ0) is 16.7. The lowest BCUT2D eigenvalue weighted by atomic mass is 9.94. The molecule has 3 heterocycles. The molecule has 0 saturated heterocycles. The topological polar surface area (TPSA) is 73.9 Å². The van der Waals surface area contributed by atoms with E-state index in [4.69, 9.17) is 0 Å². The number of aromatic amines is 1. The van der Waals surface area contributed by atoms with Crippen molar-refractivity contribution in [1.29, 1.82) is 0 Å². The first-order valence-electron chi connectivity index (χ1n) is 7.72. The number of carbonyl (C=O) groups excluding carboxylic acids is 1. The molecule has 1 aliphatic rings. The Balaban J connectivity index is 1.88. The zero-order valence-electron chi connectivity index (χ0n) is 13.1. The van der Waals surface area contributed by atoms with Crippen LogP contribution in [0.25, 0.3) is 10.9 Å². The van der Waals surface area contributed by atoms with Crippen molar-refractivity contribution in [2.45, 2.75) is 12.5 Å². The fraction of sp³-hybridized carbons (Fsp3) is 0.235. The normalized spacial score (nSPS) is 16.9. The summed E-state index contributed by atoms with van der Waals surface area (Å²) in [5, 5.41) is 4.11. The average molecular weight is 386 g/mol. The Morgan fingerprint density at radius 3 is 2.88 bits per heavy atom. The molecule has 0 aliphatic carbocycles. The summed E-state index contributed by atoms with van der Waals surface area (Å²) in [5.74, 6) is 0.563. The predicted octanol–water partition coefficient (Wildman–Crippen LogP) is 2.87. The van der Waals surface area contributed by atoms with Gasteiger partial charge in [-0.05, 0) is 30.2 Å². The van der Waals surface area contributed by atoms with Gasteiger partial charge in [0.15, 0.2) is 0 Å². The van der Waals surface area contributed by atoms with Crippen LogP contribution < -0.4 is 5.32 Å². The molecule has 0 bridgehead atoms. The van der Waals surface area contributed by atoms with Gasteiger partial charge in [0.1, 0.15) is 6.04 Å². The maximum Gasteiger partial charge on any atom is 0.222 e. The van der Waals surface area contributed by atoms with Gasteiger partial charge in [-0.15, -0.1) is 0 Å². The van der Waals surface area contributed by atoms with Crippen LogP contribution in [-0.2, 0) is 11.2 Å². The minimum absolute atomic E-state index is 0.191. The molecule has 1 aromatic carbocycles. The number of H-pyrrole nitrogens is 1. The SMILES string of the molecule is CNc1ncc(C2c3[nH]c4ccc(Br)cc4c3CCN2C=O)cn1. The molecule has 2 aromatic heterocycles. The molecule has 2 N–H and O–H groups in total. The number of anilines is 1. The Bertz CT molecular complexity index is 905. The lowest BCUT2D eigenvalue weighted by molar-refractivity contribution is -0.120. The molecule has 122 valence electrons. The molecule has 0 spiro atoms. The van der Waals surface area contributed by atoms with Gasteiger partial charge in [-0.3, -0.25) is 4.79 Å². The summed E-state index contributed by atoms with van der Waals surface area (Å²) in [6, 6.07) is 6.00. The summed E-state index contributed by atoms with van der Waals surface area (Å²) in [7, 11) is 1.78. The van der Waals surface area contributed by atoms with E-state index in [1.165, 1.54) is 10.9 Å². The third-order valence-electron chi connectivity index (χ3n) is 4.47. The summed E-state index contributed by atoms with van der Waals surface area (Å²) in [5.41, 5.74) is 4.27. The third-order valence-corrected chi connectivity index (χ3v) is 4.97. The number of fused-ring (bicyclic) bond motifs is 3. The first-order valence-corrected chi connectivity index (χ1v) is 8.51. The van der Waals surface area contributed by atoms with Crippen LogP contribution in [0, 0.1) is 0 Å².